The molecule has 0 spiro atoms. The molecule has 0 amide bonds. The van der Waals surface area contributed by atoms with Crippen LogP contribution in [0.15, 0.2) is 194 Å². The predicted octanol–water partition coefficient (Wildman–Crippen LogP) is 12.9. The fourth-order valence-electron chi connectivity index (χ4n) is 7.76. The van der Waals surface area contributed by atoms with E-state index in [1.165, 1.54) is 77.0 Å². The van der Waals surface area contributed by atoms with Gasteiger partial charge in [0.1, 0.15) is 0 Å². The first kappa shape index (κ1) is 28.4. The molecule has 0 N–H and O–H groups in total. The summed E-state index contributed by atoms with van der Waals surface area (Å²) in [4.78, 5) is 0. The molecular formula is C48H32N2. The second-order valence-corrected chi connectivity index (χ2v) is 13.0. The Hall–Kier alpha value is -6.64. The summed E-state index contributed by atoms with van der Waals surface area (Å²) >= 11 is 0. The Kier molecular flexibility index (Phi) is 6.53. The van der Waals surface area contributed by atoms with Crippen LogP contribution in [0.2, 0.25) is 0 Å². The minimum Gasteiger partial charge on any atom is -0.309 e. The lowest BCUT2D eigenvalue weighted by Crippen LogP contribution is -1.96. The van der Waals surface area contributed by atoms with Crippen molar-refractivity contribution in [1.29, 1.82) is 0 Å². The largest absolute Gasteiger partial charge is 0.309 e. The van der Waals surface area contributed by atoms with Crippen LogP contribution in [0, 0.1) is 0 Å². The van der Waals surface area contributed by atoms with Crippen molar-refractivity contribution in [2.75, 3.05) is 0 Å². The van der Waals surface area contributed by atoms with Gasteiger partial charge < -0.3 is 9.13 Å². The molecule has 0 bridgehead atoms. The second-order valence-electron chi connectivity index (χ2n) is 13.0. The van der Waals surface area contributed by atoms with E-state index in [2.05, 4.69) is 203 Å². The van der Waals surface area contributed by atoms with E-state index in [1.54, 1.807) is 0 Å². The van der Waals surface area contributed by atoms with Crippen molar-refractivity contribution in [3.05, 3.63) is 194 Å². The van der Waals surface area contributed by atoms with Gasteiger partial charge in [0, 0.05) is 32.9 Å². The molecule has 234 valence electrons. The van der Waals surface area contributed by atoms with Crippen LogP contribution >= 0.6 is 0 Å². The summed E-state index contributed by atoms with van der Waals surface area (Å²) < 4.78 is 4.83. The lowest BCUT2D eigenvalue weighted by molar-refractivity contribution is 1.16. The normalized spacial score (nSPS) is 11.6. The number of nitrogens with zero attached hydrogens (tertiary/aromatic N) is 2. The summed E-state index contributed by atoms with van der Waals surface area (Å²) in [5.74, 6) is 0. The van der Waals surface area contributed by atoms with Crippen LogP contribution in [0.5, 0.6) is 0 Å². The molecule has 0 atom stereocenters. The lowest BCUT2D eigenvalue weighted by Gasteiger charge is -2.13. The number of hydrogen-bond donors (Lipinski definition) is 0. The second kappa shape index (κ2) is 11.5. The number of fused-ring (bicyclic) bond motifs is 6. The van der Waals surface area contributed by atoms with Gasteiger partial charge in [0.25, 0.3) is 0 Å². The van der Waals surface area contributed by atoms with Gasteiger partial charge in [-0.05, 0) is 100 Å². The topological polar surface area (TPSA) is 9.86 Å². The van der Waals surface area contributed by atoms with Gasteiger partial charge >= 0.3 is 0 Å². The molecular weight excluding hydrogens is 605 g/mol. The molecule has 0 saturated heterocycles. The first-order chi connectivity index (χ1) is 24.8. The quantitative estimate of drug-likeness (QED) is 0.178. The monoisotopic (exact) mass is 636 g/mol. The van der Waals surface area contributed by atoms with Crippen LogP contribution < -0.4 is 0 Å². The van der Waals surface area contributed by atoms with Gasteiger partial charge in [-0.15, -0.1) is 0 Å². The molecule has 8 aromatic carbocycles. The maximum absolute atomic E-state index is 2.43. The average molecular weight is 637 g/mol. The summed E-state index contributed by atoms with van der Waals surface area (Å²) in [6.45, 7) is 0. The molecule has 10 rings (SSSR count). The van der Waals surface area contributed by atoms with Crippen LogP contribution in [-0.4, -0.2) is 9.13 Å². The van der Waals surface area contributed by atoms with Crippen molar-refractivity contribution in [1.82, 2.24) is 9.13 Å². The van der Waals surface area contributed by atoms with Crippen molar-refractivity contribution in [2.45, 2.75) is 0 Å². The predicted molar refractivity (Wildman–Crippen MR) is 211 cm³/mol. The molecule has 2 aromatic heterocycles. The van der Waals surface area contributed by atoms with E-state index in [9.17, 15) is 0 Å². The highest BCUT2D eigenvalue weighted by molar-refractivity contribution is 6.19. The van der Waals surface area contributed by atoms with E-state index in [-0.39, 0.29) is 0 Å². The van der Waals surface area contributed by atoms with Crippen LogP contribution in [0.4, 0.5) is 0 Å². The number of benzene rings is 8. The Balaban J connectivity index is 1.17. The lowest BCUT2D eigenvalue weighted by atomic mass is 9.93. The SMILES string of the molecule is c1ccc(-c2cc(-c3ccccc3)cc(-c3ccc(-n4c5ccccc5c5cc6c7ccccc7n(-c7ccccc7)c6cc54)cc3)c2)cc1. The molecule has 0 aliphatic carbocycles. The summed E-state index contributed by atoms with van der Waals surface area (Å²) in [5.41, 5.74) is 14.4. The molecule has 2 nitrogen and oxygen atoms in total. The minimum atomic E-state index is 1.14. The van der Waals surface area contributed by atoms with E-state index in [0.29, 0.717) is 0 Å². The van der Waals surface area contributed by atoms with Crippen molar-refractivity contribution in [3.8, 4) is 44.8 Å². The zero-order chi connectivity index (χ0) is 33.0. The van der Waals surface area contributed by atoms with E-state index in [4.69, 9.17) is 0 Å². The van der Waals surface area contributed by atoms with Crippen molar-refractivity contribution < 1.29 is 0 Å². The van der Waals surface area contributed by atoms with E-state index in [0.717, 1.165) is 11.4 Å². The van der Waals surface area contributed by atoms with Gasteiger partial charge in [-0.25, -0.2) is 0 Å². The fourth-order valence-corrected chi connectivity index (χ4v) is 7.76. The molecule has 10 aromatic rings. The number of hydrogen-bond acceptors (Lipinski definition) is 0. The van der Waals surface area contributed by atoms with Gasteiger partial charge in [-0.3, -0.25) is 0 Å². The maximum Gasteiger partial charge on any atom is 0.0562 e. The standard InChI is InChI=1S/C48H32N2/c1-4-14-33(15-5-1)36-28-37(34-16-6-2-7-17-34)30-38(29-36)35-24-26-40(27-25-35)50-46-23-13-11-21-42(46)44-31-43-41-20-10-12-22-45(41)49(47(43)32-48(44)50)39-18-8-3-9-19-39/h1-32H. The van der Waals surface area contributed by atoms with Gasteiger partial charge in [0.05, 0.1) is 22.1 Å². The van der Waals surface area contributed by atoms with Gasteiger partial charge in [0.15, 0.2) is 0 Å². The fraction of sp³-hybridized carbons (Fsp3) is 0. The summed E-state index contributed by atoms with van der Waals surface area (Å²) in [6, 6.07) is 70.4. The molecule has 0 radical (unpaired) electrons. The zero-order valence-corrected chi connectivity index (χ0v) is 27.4. The third kappa shape index (κ3) is 4.57. The van der Waals surface area contributed by atoms with E-state index >= 15 is 0 Å². The van der Waals surface area contributed by atoms with E-state index in [1.807, 2.05) is 0 Å². The van der Waals surface area contributed by atoms with Crippen LogP contribution in [0.25, 0.3) is 88.4 Å². The Morgan fingerprint density at radius 3 is 1.08 bits per heavy atom. The molecule has 0 aliphatic rings. The summed E-state index contributed by atoms with van der Waals surface area (Å²) in [6.07, 6.45) is 0. The van der Waals surface area contributed by atoms with Crippen LogP contribution in [0.1, 0.15) is 0 Å². The highest BCUT2D eigenvalue weighted by Gasteiger charge is 2.18. The van der Waals surface area contributed by atoms with Crippen LogP contribution in [0.3, 0.4) is 0 Å². The maximum atomic E-state index is 2.43. The highest BCUT2D eigenvalue weighted by Crippen LogP contribution is 2.40. The highest BCUT2D eigenvalue weighted by atomic mass is 15.0. The Morgan fingerprint density at radius 2 is 0.600 bits per heavy atom. The van der Waals surface area contributed by atoms with Crippen molar-refractivity contribution in [2.24, 2.45) is 0 Å². The van der Waals surface area contributed by atoms with E-state index < -0.39 is 0 Å². The van der Waals surface area contributed by atoms with Gasteiger partial charge in [0.2, 0.25) is 0 Å². The molecule has 0 fully saturated rings. The molecule has 0 saturated carbocycles. The third-order valence-electron chi connectivity index (χ3n) is 10.1. The molecule has 0 aliphatic heterocycles. The molecule has 2 heterocycles. The average Bonchev–Trinajstić information content (AvgIpc) is 3.70. The summed E-state index contributed by atoms with van der Waals surface area (Å²) in [5, 5.41) is 5.05. The van der Waals surface area contributed by atoms with Gasteiger partial charge in [-0.2, -0.15) is 0 Å². The van der Waals surface area contributed by atoms with Crippen molar-refractivity contribution in [3.63, 3.8) is 0 Å². The Morgan fingerprint density at radius 1 is 0.220 bits per heavy atom. The number of para-hydroxylation sites is 3. The summed E-state index contributed by atoms with van der Waals surface area (Å²) in [7, 11) is 0. The first-order valence-electron chi connectivity index (χ1n) is 17.2. The smallest absolute Gasteiger partial charge is 0.0562 e. The van der Waals surface area contributed by atoms with Crippen molar-refractivity contribution >= 4 is 43.6 Å². The Bertz CT molecular complexity index is 2770. The number of aromatic nitrogens is 2. The minimum absolute atomic E-state index is 1.14. The molecule has 0 unspecified atom stereocenters. The first-order valence-corrected chi connectivity index (χ1v) is 17.2. The zero-order valence-electron chi connectivity index (χ0n) is 27.4. The van der Waals surface area contributed by atoms with Crippen LogP contribution in [-0.2, 0) is 0 Å². The van der Waals surface area contributed by atoms with Gasteiger partial charge in [-0.1, -0.05) is 127 Å². The molecule has 2 heteroatoms. The Labute approximate surface area is 290 Å². The third-order valence-corrected chi connectivity index (χ3v) is 10.1. The molecule has 50 heavy (non-hydrogen) atoms. The number of rotatable bonds is 5.